The van der Waals surface area contributed by atoms with E-state index in [1.165, 1.54) is 0 Å². The highest BCUT2D eigenvalue weighted by Gasteiger charge is 2.34. The number of rotatable bonds is 7. The van der Waals surface area contributed by atoms with E-state index in [4.69, 9.17) is 4.74 Å². The van der Waals surface area contributed by atoms with E-state index in [0.29, 0.717) is 13.1 Å². The molecule has 1 aromatic carbocycles. The van der Waals surface area contributed by atoms with Crippen molar-refractivity contribution in [1.82, 2.24) is 25.7 Å². The van der Waals surface area contributed by atoms with Crippen molar-refractivity contribution in [2.24, 2.45) is 13.0 Å². The number of hydrogen-bond donors (Lipinski definition) is 3. The smallest absolute Gasteiger partial charge is 0.239 e. The maximum atomic E-state index is 12.5. The van der Waals surface area contributed by atoms with Crippen LogP contribution < -0.4 is 20.7 Å². The summed E-state index contributed by atoms with van der Waals surface area (Å²) in [6, 6.07) is 7.46. The molecule has 2 heterocycles. The van der Waals surface area contributed by atoms with Crippen molar-refractivity contribution in [3.63, 3.8) is 0 Å². The Hall–Kier alpha value is -2.58. The lowest BCUT2D eigenvalue weighted by Crippen LogP contribution is -2.41. The van der Waals surface area contributed by atoms with Gasteiger partial charge in [-0.3, -0.25) is 14.3 Å². The minimum Gasteiger partial charge on any atom is -0.497 e. The number of hydrogen-bond acceptors (Lipinski definition) is 5. The van der Waals surface area contributed by atoms with Gasteiger partial charge in [0, 0.05) is 38.8 Å². The highest BCUT2D eigenvalue weighted by Crippen LogP contribution is 2.27. The number of ether oxygens (including phenoxy) is 1. The molecule has 3 rings (SSSR count). The van der Waals surface area contributed by atoms with Crippen LogP contribution in [0.2, 0.25) is 0 Å². The molecule has 1 aliphatic heterocycles. The number of nitrogens with zero attached hydrogens (tertiary/aromatic N) is 2. The Morgan fingerprint density at radius 3 is 2.64 bits per heavy atom. The minimum atomic E-state index is -0.219. The van der Waals surface area contributed by atoms with Crippen LogP contribution >= 0.6 is 12.4 Å². The predicted octanol–water partition coefficient (Wildman–Crippen LogP) is 0.586. The fourth-order valence-electron chi connectivity index (χ4n) is 3.24. The van der Waals surface area contributed by atoms with Crippen molar-refractivity contribution < 1.29 is 14.3 Å². The summed E-state index contributed by atoms with van der Waals surface area (Å²) >= 11 is 0. The van der Waals surface area contributed by atoms with Crippen LogP contribution in [0.5, 0.6) is 5.75 Å². The van der Waals surface area contributed by atoms with Crippen molar-refractivity contribution in [1.29, 1.82) is 0 Å². The average molecular weight is 408 g/mol. The lowest BCUT2D eigenvalue weighted by molar-refractivity contribution is -0.128. The van der Waals surface area contributed by atoms with Crippen LogP contribution in [0.1, 0.15) is 17.0 Å². The van der Waals surface area contributed by atoms with Crippen LogP contribution in [0.15, 0.2) is 36.7 Å². The zero-order chi connectivity index (χ0) is 19.2. The number of aromatic nitrogens is 2. The van der Waals surface area contributed by atoms with Crippen LogP contribution in [-0.2, 0) is 23.2 Å². The SMILES string of the molecule is COc1ccc(CNC(=O)CNC(=O)[C@H]2CNC[C@@H]2c2cnn(C)c2)cc1.Cl. The van der Waals surface area contributed by atoms with Gasteiger partial charge in [-0.25, -0.2) is 0 Å². The van der Waals surface area contributed by atoms with Gasteiger partial charge in [0.05, 0.1) is 25.8 Å². The summed E-state index contributed by atoms with van der Waals surface area (Å²) in [5.41, 5.74) is 2.00. The molecule has 152 valence electrons. The molecule has 2 amide bonds. The van der Waals surface area contributed by atoms with Crippen molar-refractivity contribution in [3.8, 4) is 5.75 Å². The average Bonchev–Trinajstić information content (AvgIpc) is 3.33. The molecule has 0 spiro atoms. The van der Waals surface area contributed by atoms with Gasteiger partial charge in [0.25, 0.3) is 0 Å². The molecule has 2 atom stereocenters. The topological polar surface area (TPSA) is 97.3 Å². The Bertz CT molecular complexity index is 793. The van der Waals surface area contributed by atoms with Gasteiger partial charge >= 0.3 is 0 Å². The summed E-state index contributed by atoms with van der Waals surface area (Å²) in [7, 11) is 3.46. The standard InChI is InChI=1S/C19H25N5O3.ClH/c1-24-12-14(8-23-24)16-9-20-10-17(16)19(26)22-11-18(25)21-7-13-3-5-15(27-2)6-4-13;/h3-6,8,12,16-17,20H,7,9-11H2,1-2H3,(H,21,25)(H,22,26);1H/t16-,17+;/m1./s1. The van der Waals surface area contributed by atoms with Crippen molar-refractivity contribution in [2.45, 2.75) is 12.5 Å². The molecule has 1 aromatic heterocycles. The van der Waals surface area contributed by atoms with E-state index in [0.717, 1.165) is 23.4 Å². The fraction of sp³-hybridized carbons (Fsp3) is 0.421. The number of carbonyl (C=O) groups is 2. The monoisotopic (exact) mass is 407 g/mol. The zero-order valence-electron chi connectivity index (χ0n) is 16.0. The van der Waals surface area contributed by atoms with E-state index in [1.54, 1.807) is 18.0 Å². The fourth-order valence-corrected chi connectivity index (χ4v) is 3.24. The van der Waals surface area contributed by atoms with Crippen molar-refractivity contribution in [2.75, 3.05) is 26.7 Å². The van der Waals surface area contributed by atoms with E-state index >= 15 is 0 Å². The summed E-state index contributed by atoms with van der Waals surface area (Å²) in [4.78, 5) is 24.5. The first kappa shape index (κ1) is 21.7. The maximum absolute atomic E-state index is 12.5. The van der Waals surface area contributed by atoms with Crippen LogP contribution in [0, 0.1) is 5.92 Å². The molecule has 0 unspecified atom stereocenters. The lowest BCUT2D eigenvalue weighted by Gasteiger charge is -2.17. The lowest BCUT2D eigenvalue weighted by atomic mass is 9.90. The first-order valence-electron chi connectivity index (χ1n) is 8.93. The Kier molecular flexibility index (Phi) is 7.83. The van der Waals surface area contributed by atoms with E-state index in [9.17, 15) is 9.59 Å². The van der Waals surface area contributed by atoms with E-state index < -0.39 is 0 Å². The molecule has 3 N–H and O–H groups in total. The van der Waals surface area contributed by atoms with Gasteiger partial charge in [0.2, 0.25) is 11.8 Å². The number of amides is 2. The van der Waals surface area contributed by atoms with Gasteiger partial charge in [-0.05, 0) is 23.3 Å². The molecular formula is C19H26ClN5O3. The Balaban J connectivity index is 0.00000280. The van der Waals surface area contributed by atoms with E-state index in [2.05, 4.69) is 21.0 Å². The summed E-state index contributed by atoms with van der Waals surface area (Å²) in [5, 5.41) is 13.0. The third-order valence-electron chi connectivity index (χ3n) is 4.78. The third-order valence-corrected chi connectivity index (χ3v) is 4.78. The molecular weight excluding hydrogens is 382 g/mol. The van der Waals surface area contributed by atoms with Crippen molar-refractivity contribution >= 4 is 24.2 Å². The van der Waals surface area contributed by atoms with Gasteiger partial charge in [0.1, 0.15) is 5.75 Å². The largest absolute Gasteiger partial charge is 0.497 e. The minimum absolute atomic E-state index is 0. The molecule has 28 heavy (non-hydrogen) atoms. The second-order valence-corrected chi connectivity index (χ2v) is 6.66. The van der Waals surface area contributed by atoms with Crippen LogP contribution in [0.25, 0.3) is 0 Å². The molecule has 1 saturated heterocycles. The number of aryl methyl sites for hydroxylation is 1. The van der Waals surface area contributed by atoms with E-state index in [-0.39, 0.29) is 42.6 Å². The number of methoxy groups -OCH3 is 1. The van der Waals surface area contributed by atoms with Gasteiger partial charge in [-0.1, -0.05) is 12.1 Å². The highest BCUT2D eigenvalue weighted by atomic mass is 35.5. The highest BCUT2D eigenvalue weighted by molar-refractivity contribution is 5.86. The molecule has 0 radical (unpaired) electrons. The summed E-state index contributed by atoms with van der Waals surface area (Å²) in [6.07, 6.45) is 3.72. The first-order valence-corrected chi connectivity index (χ1v) is 8.93. The van der Waals surface area contributed by atoms with Crippen molar-refractivity contribution in [3.05, 3.63) is 47.8 Å². The number of nitrogens with one attached hydrogen (secondary N) is 3. The molecule has 0 bridgehead atoms. The Morgan fingerprint density at radius 2 is 2.00 bits per heavy atom. The molecule has 9 heteroatoms. The quantitative estimate of drug-likeness (QED) is 0.624. The molecule has 0 aliphatic carbocycles. The maximum Gasteiger partial charge on any atom is 0.239 e. The predicted molar refractivity (Wildman–Crippen MR) is 107 cm³/mol. The third kappa shape index (κ3) is 5.46. The normalized spacial score (nSPS) is 18.2. The van der Waals surface area contributed by atoms with Crippen LogP contribution in [0.4, 0.5) is 0 Å². The van der Waals surface area contributed by atoms with Crippen LogP contribution in [0.3, 0.4) is 0 Å². The zero-order valence-corrected chi connectivity index (χ0v) is 16.8. The van der Waals surface area contributed by atoms with Crippen LogP contribution in [-0.4, -0.2) is 48.3 Å². The number of carbonyl (C=O) groups excluding carboxylic acids is 2. The van der Waals surface area contributed by atoms with Gasteiger partial charge < -0.3 is 20.7 Å². The first-order chi connectivity index (χ1) is 13.1. The van der Waals surface area contributed by atoms with Gasteiger partial charge in [-0.2, -0.15) is 5.10 Å². The Morgan fingerprint density at radius 1 is 1.25 bits per heavy atom. The van der Waals surface area contributed by atoms with Gasteiger partial charge in [-0.15, -0.1) is 12.4 Å². The second-order valence-electron chi connectivity index (χ2n) is 6.66. The molecule has 1 aliphatic rings. The Labute approximate surface area is 170 Å². The summed E-state index contributed by atoms with van der Waals surface area (Å²) in [6.45, 7) is 1.69. The second kappa shape index (κ2) is 10.1. The number of benzene rings is 1. The van der Waals surface area contributed by atoms with Gasteiger partial charge in [0.15, 0.2) is 0 Å². The molecule has 8 nitrogen and oxygen atoms in total. The summed E-state index contributed by atoms with van der Waals surface area (Å²) in [5.74, 6) is 0.298. The molecule has 1 fully saturated rings. The molecule has 2 aromatic rings. The number of halogens is 1. The summed E-state index contributed by atoms with van der Waals surface area (Å²) < 4.78 is 6.84. The van der Waals surface area contributed by atoms with E-state index in [1.807, 2.05) is 37.5 Å². The molecule has 0 saturated carbocycles.